The van der Waals surface area contributed by atoms with Gasteiger partial charge in [0.15, 0.2) is 11.2 Å². The maximum absolute atomic E-state index is 12.4. The van der Waals surface area contributed by atoms with Crippen LogP contribution in [0, 0.1) is 25.2 Å². The fourth-order valence-electron chi connectivity index (χ4n) is 2.67. The third-order valence-electron chi connectivity index (χ3n) is 4.07. The summed E-state index contributed by atoms with van der Waals surface area (Å²) in [6.45, 7) is 5.74. The number of carbonyl (C=O) groups excluding carboxylic acids is 1. The van der Waals surface area contributed by atoms with E-state index in [4.69, 9.17) is 10.00 Å². The van der Waals surface area contributed by atoms with Gasteiger partial charge in [0.1, 0.15) is 11.8 Å². The second-order valence-electron chi connectivity index (χ2n) is 6.21. The zero-order chi connectivity index (χ0) is 19.4. The molecule has 27 heavy (non-hydrogen) atoms. The molecule has 1 N–H and O–H groups in total. The van der Waals surface area contributed by atoms with Crippen LogP contribution in [0.2, 0.25) is 0 Å². The summed E-state index contributed by atoms with van der Waals surface area (Å²) in [4.78, 5) is 16.9. The van der Waals surface area contributed by atoms with Gasteiger partial charge in [-0.25, -0.2) is 4.98 Å². The number of aromatic nitrogens is 1. The van der Waals surface area contributed by atoms with Crippen molar-refractivity contribution in [3.63, 3.8) is 0 Å². The average Bonchev–Trinajstić information content (AvgIpc) is 3.10. The Kier molecular flexibility index (Phi) is 5.53. The van der Waals surface area contributed by atoms with Crippen LogP contribution in [0.25, 0.3) is 11.3 Å². The number of para-hydroxylation sites is 1. The van der Waals surface area contributed by atoms with Crippen molar-refractivity contribution in [1.82, 2.24) is 4.98 Å². The molecule has 0 radical (unpaired) electrons. The highest BCUT2D eigenvalue weighted by atomic mass is 32.1. The molecule has 2 aromatic carbocycles. The van der Waals surface area contributed by atoms with Gasteiger partial charge in [0, 0.05) is 10.9 Å². The Balaban J connectivity index is 1.69. The quantitative estimate of drug-likeness (QED) is 0.699. The summed E-state index contributed by atoms with van der Waals surface area (Å²) in [5.41, 5.74) is 4.61. The van der Waals surface area contributed by atoms with E-state index >= 15 is 0 Å². The number of ether oxygens (including phenoxy) is 1. The molecule has 0 aliphatic heterocycles. The summed E-state index contributed by atoms with van der Waals surface area (Å²) in [5, 5.41) is 14.3. The molecule has 1 heterocycles. The van der Waals surface area contributed by atoms with E-state index in [1.54, 1.807) is 31.2 Å². The van der Waals surface area contributed by atoms with Crippen LogP contribution in [-0.2, 0) is 4.79 Å². The predicted molar refractivity (Wildman–Crippen MR) is 107 cm³/mol. The average molecular weight is 377 g/mol. The van der Waals surface area contributed by atoms with Gasteiger partial charge in [0.25, 0.3) is 5.91 Å². The maximum Gasteiger partial charge on any atom is 0.266 e. The lowest BCUT2D eigenvalue weighted by molar-refractivity contribution is -0.122. The Hall–Kier alpha value is -3.17. The van der Waals surface area contributed by atoms with Gasteiger partial charge in [-0.1, -0.05) is 35.9 Å². The molecular weight excluding hydrogens is 358 g/mol. The monoisotopic (exact) mass is 377 g/mol. The van der Waals surface area contributed by atoms with Crippen molar-refractivity contribution in [2.75, 3.05) is 5.32 Å². The van der Waals surface area contributed by atoms with Crippen molar-refractivity contribution in [1.29, 1.82) is 5.26 Å². The molecule has 0 spiro atoms. The van der Waals surface area contributed by atoms with Gasteiger partial charge in [-0.05, 0) is 38.5 Å². The number of rotatable bonds is 5. The lowest BCUT2D eigenvalue weighted by Crippen LogP contribution is -2.30. The van der Waals surface area contributed by atoms with Gasteiger partial charge in [0.2, 0.25) is 0 Å². The van der Waals surface area contributed by atoms with Gasteiger partial charge < -0.3 is 4.74 Å². The molecule has 0 aliphatic rings. The highest BCUT2D eigenvalue weighted by molar-refractivity contribution is 7.14. The van der Waals surface area contributed by atoms with Gasteiger partial charge in [0.05, 0.1) is 11.3 Å². The zero-order valence-electron chi connectivity index (χ0n) is 15.3. The minimum Gasteiger partial charge on any atom is -0.480 e. The van der Waals surface area contributed by atoms with Crippen LogP contribution >= 0.6 is 11.3 Å². The topological polar surface area (TPSA) is 75.0 Å². The first-order valence-electron chi connectivity index (χ1n) is 8.47. The molecule has 5 nitrogen and oxygen atoms in total. The summed E-state index contributed by atoms with van der Waals surface area (Å²) < 4.78 is 5.64. The van der Waals surface area contributed by atoms with E-state index in [1.165, 1.54) is 16.9 Å². The van der Waals surface area contributed by atoms with Crippen LogP contribution in [0.5, 0.6) is 5.75 Å². The molecule has 6 heteroatoms. The highest BCUT2D eigenvalue weighted by Crippen LogP contribution is 2.28. The van der Waals surface area contributed by atoms with Crippen LogP contribution in [0.15, 0.2) is 47.8 Å². The van der Waals surface area contributed by atoms with Crippen molar-refractivity contribution in [3.05, 3.63) is 64.5 Å². The van der Waals surface area contributed by atoms with E-state index in [1.807, 2.05) is 24.4 Å². The van der Waals surface area contributed by atoms with Crippen molar-refractivity contribution in [2.45, 2.75) is 26.9 Å². The zero-order valence-corrected chi connectivity index (χ0v) is 16.1. The van der Waals surface area contributed by atoms with Gasteiger partial charge >= 0.3 is 0 Å². The maximum atomic E-state index is 12.4. The summed E-state index contributed by atoms with van der Waals surface area (Å²) in [6.07, 6.45) is -0.757. The van der Waals surface area contributed by atoms with E-state index in [2.05, 4.69) is 29.4 Å². The van der Waals surface area contributed by atoms with Crippen LogP contribution in [0.3, 0.4) is 0 Å². The Morgan fingerprint density at radius 2 is 2.04 bits per heavy atom. The second-order valence-corrected chi connectivity index (χ2v) is 7.07. The summed E-state index contributed by atoms with van der Waals surface area (Å²) in [6, 6.07) is 15.1. The van der Waals surface area contributed by atoms with E-state index in [0.29, 0.717) is 16.4 Å². The Labute approximate surface area is 162 Å². The third-order valence-corrected chi connectivity index (χ3v) is 4.83. The highest BCUT2D eigenvalue weighted by Gasteiger charge is 2.18. The lowest BCUT2D eigenvalue weighted by atomic mass is 10.0. The molecule has 3 rings (SSSR count). The fourth-order valence-corrected chi connectivity index (χ4v) is 3.38. The molecule has 0 bridgehead atoms. The van der Waals surface area contributed by atoms with Crippen LogP contribution in [0.4, 0.5) is 5.13 Å². The Morgan fingerprint density at radius 3 is 2.78 bits per heavy atom. The molecule has 1 amide bonds. The van der Waals surface area contributed by atoms with E-state index < -0.39 is 6.10 Å². The molecular formula is C21H19N3O2S. The van der Waals surface area contributed by atoms with Crippen LogP contribution in [0.1, 0.15) is 23.6 Å². The van der Waals surface area contributed by atoms with Gasteiger partial charge in [-0.2, -0.15) is 5.26 Å². The molecule has 136 valence electrons. The molecule has 0 saturated carbocycles. The first-order valence-corrected chi connectivity index (χ1v) is 9.35. The number of hydrogen-bond acceptors (Lipinski definition) is 5. The van der Waals surface area contributed by atoms with Crippen LogP contribution < -0.4 is 10.1 Å². The first kappa shape index (κ1) is 18.6. The smallest absolute Gasteiger partial charge is 0.266 e. The number of carbonyl (C=O) groups is 1. The second kappa shape index (κ2) is 8.02. The number of amides is 1. The van der Waals surface area contributed by atoms with E-state index in [-0.39, 0.29) is 5.91 Å². The minimum absolute atomic E-state index is 0.315. The standard InChI is InChI=1S/C21H19N3O2S/c1-13-8-9-17(14(2)10-13)18-12-27-21(23-18)24-20(25)15(3)26-19-7-5-4-6-16(19)11-22/h4-10,12,15H,1-3H3,(H,23,24,25). The normalized spacial score (nSPS) is 11.5. The van der Waals surface area contributed by atoms with Gasteiger partial charge in [-0.3, -0.25) is 10.1 Å². The number of thiazole rings is 1. The van der Waals surface area contributed by atoms with E-state index in [9.17, 15) is 4.79 Å². The molecule has 3 aromatic rings. The molecule has 0 fully saturated rings. The summed E-state index contributed by atoms with van der Waals surface area (Å²) in [5.74, 6) is 0.0713. The minimum atomic E-state index is -0.757. The van der Waals surface area contributed by atoms with Crippen molar-refractivity contribution in [2.24, 2.45) is 0 Å². The summed E-state index contributed by atoms with van der Waals surface area (Å²) in [7, 11) is 0. The van der Waals surface area contributed by atoms with Crippen molar-refractivity contribution < 1.29 is 9.53 Å². The summed E-state index contributed by atoms with van der Waals surface area (Å²) >= 11 is 1.37. The first-order chi connectivity index (χ1) is 13.0. The SMILES string of the molecule is Cc1ccc(-c2csc(NC(=O)C(C)Oc3ccccc3C#N)n2)c(C)c1. The van der Waals surface area contributed by atoms with Crippen LogP contribution in [-0.4, -0.2) is 17.0 Å². The molecule has 0 aliphatic carbocycles. The molecule has 0 saturated heterocycles. The predicted octanol–water partition coefficient (Wildman–Crippen LogP) is 4.70. The third kappa shape index (κ3) is 4.33. The van der Waals surface area contributed by atoms with Crippen molar-refractivity contribution in [3.8, 4) is 23.1 Å². The number of nitriles is 1. The van der Waals surface area contributed by atoms with Gasteiger partial charge in [-0.15, -0.1) is 11.3 Å². The number of hydrogen-bond donors (Lipinski definition) is 1. The Bertz CT molecular complexity index is 1020. The largest absolute Gasteiger partial charge is 0.480 e. The fraction of sp³-hybridized carbons (Fsp3) is 0.190. The number of anilines is 1. The molecule has 1 aromatic heterocycles. The number of nitrogens with zero attached hydrogens (tertiary/aromatic N) is 2. The number of nitrogens with one attached hydrogen (secondary N) is 1. The molecule has 1 unspecified atom stereocenters. The Morgan fingerprint density at radius 1 is 1.26 bits per heavy atom. The van der Waals surface area contributed by atoms with E-state index in [0.717, 1.165) is 16.8 Å². The van der Waals surface area contributed by atoms with Crippen molar-refractivity contribution >= 4 is 22.4 Å². The number of aryl methyl sites for hydroxylation is 2. The molecule has 1 atom stereocenters. The lowest BCUT2D eigenvalue weighted by Gasteiger charge is -2.14. The number of benzene rings is 2.